The second-order valence-corrected chi connectivity index (χ2v) is 5.11. The van der Waals surface area contributed by atoms with Crippen molar-refractivity contribution >= 4 is 11.6 Å². The van der Waals surface area contributed by atoms with Crippen molar-refractivity contribution in [3.63, 3.8) is 0 Å². The minimum atomic E-state index is -0.647. The number of anilines is 1. The fraction of sp³-hybridized carbons (Fsp3) is 0.333. The van der Waals surface area contributed by atoms with Crippen LogP contribution in [0.15, 0.2) is 34.9 Å². The lowest BCUT2D eigenvalue weighted by Crippen LogP contribution is -2.14. The zero-order valence-electron chi connectivity index (χ0n) is 11.2. The van der Waals surface area contributed by atoms with Gasteiger partial charge in [-0.05, 0) is 25.8 Å². The minimum absolute atomic E-state index is 0.271. The normalized spacial score (nSPS) is 15.9. The number of hydrogen-bond donors (Lipinski definition) is 2. The Labute approximate surface area is 116 Å². The molecule has 5 heteroatoms. The molecule has 1 aliphatic rings. The van der Waals surface area contributed by atoms with Gasteiger partial charge in [-0.15, -0.1) is 0 Å². The Morgan fingerprint density at radius 2 is 2.20 bits per heavy atom. The highest BCUT2D eigenvalue weighted by Crippen LogP contribution is 2.40. The van der Waals surface area contributed by atoms with Crippen LogP contribution in [0.25, 0.3) is 0 Å². The quantitative estimate of drug-likeness (QED) is 0.897. The lowest BCUT2D eigenvalue weighted by Gasteiger charge is -2.11. The van der Waals surface area contributed by atoms with Crippen molar-refractivity contribution in [2.24, 2.45) is 0 Å². The highest BCUT2D eigenvalue weighted by molar-refractivity contribution is 6.03. The molecule has 1 unspecified atom stereocenters. The maximum absolute atomic E-state index is 12.1. The number of aliphatic hydroxyl groups is 1. The summed E-state index contributed by atoms with van der Waals surface area (Å²) < 4.78 is 5.16. The van der Waals surface area contributed by atoms with Crippen LogP contribution in [0.5, 0.6) is 0 Å². The molecule has 1 aromatic heterocycles. The Balaban J connectivity index is 1.78. The molecule has 1 amide bonds. The topological polar surface area (TPSA) is 75.4 Å². The number of nitrogens with zero attached hydrogens (tertiary/aromatic N) is 1. The van der Waals surface area contributed by atoms with E-state index < -0.39 is 6.10 Å². The van der Waals surface area contributed by atoms with E-state index in [-0.39, 0.29) is 11.6 Å². The summed E-state index contributed by atoms with van der Waals surface area (Å²) in [5.74, 6) is 0.876. The summed E-state index contributed by atoms with van der Waals surface area (Å²) in [6.45, 7) is 1.66. The second kappa shape index (κ2) is 5.09. The Morgan fingerprint density at radius 1 is 1.45 bits per heavy atom. The molecule has 0 saturated heterocycles. The van der Waals surface area contributed by atoms with Gasteiger partial charge in [0.25, 0.3) is 5.91 Å². The van der Waals surface area contributed by atoms with Crippen LogP contribution >= 0.6 is 0 Å². The van der Waals surface area contributed by atoms with E-state index in [0.29, 0.717) is 17.2 Å². The van der Waals surface area contributed by atoms with Gasteiger partial charge in [0.1, 0.15) is 5.76 Å². The van der Waals surface area contributed by atoms with E-state index in [0.717, 1.165) is 18.6 Å². The summed E-state index contributed by atoms with van der Waals surface area (Å²) in [4.78, 5) is 12.1. The van der Waals surface area contributed by atoms with Gasteiger partial charge in [0.2, 0.25) is 0 Å². The number of nitrogens with one attached hydrogen (secondary N) is 1. The largest absolute Gasteiger partial charge is 0.389 e. The predicted molar refractivity (Wildman–Crippen MR) is 73.5 cm³/mol. The van der Waals surface area contributed by atoms with Crippen LogP contribution in [0.1, 0.15) is 53.6 Å². The molecule has 3 rings (SSSR count). The van der Waals surface area contributed by atoms with E-state index >= 15 is 0 Å². The Kier molecular flexibility index (Phi) is 3.28. The number of aliphatic hydroxyl groups excluding tert-OH is 1. The van der Waals surface area contributed by atoms with Crippen LogP contribution in [-0.2, 0) is 0 Å². The van der Waals surface area contributed by atoms with Gasteiger partial charge in [0, 0.05) is 23.2 Å². The number of benzene rings is 1. The van der Waals surface area contributed by atoms with Gasteiger partial charge in [-0.25, -0.2) is 0 Å². The van der Waals surface area contributed by atoms with Crippen molar-refractivity contribution in [3.05, 3.63) is 47.3 Å². The SMILES string of the molecule is CC(O)c1ccccc1NC(=O)c1cc(C2CC2)on1. The van der Waals surface area contributed by atoms with Gasteiger partial charge in [0.15, 0.2) is 5.69 Å². The molecule has 1 heterocycles. The molecule has 2 N–H and O–H groups in total. The first-order valence-electron chi connectivity index (χ1n) is 6.70. The first kappa shape index (κ1) is 12.9. The molecular weight excluding hydrogens is 256 g/mol. The van der Waals surface area contributed by atoms with Gasteiger partial charge in [-0.1, -0.05) is 23.4 Å². The fourth-order valence-corrected chi connectivity index (χ4v) is 2.12. The molecule has 5 nitrogen and oxygen atoms in total. The van der Waals surface area contributed by atoms with Crippen LogP contribution in [0.4, 0.5) is 5.69 Å². The van der Waals surface area contributed by atoms with Crippen molar-refractivity contribution in [3.8, 4) is 0 Å². The smallest absolute Gasteiger partial charge is 0.277 e. The van der Waals surface area contributed by atoms with Crippen LogP contribution in [0.2, 0.25) is 0 Å². The molecule has 2 aromatic rings. The lowest BCUT2D eigenvalue weighted by molar-refractivity contribution is 0.101. The van der Waals surface area contributed by atoms with Crippen molar-refractivity contribution in [1.29, 1.82) is 0 Å². The van der Waals surface area contributed by atoms with Crippen molar-refractivity contribution in [2.75, 3.05) is 5.32 Å². The summed E-state index contributed by atoms with van der Waals surface area (Å²) in [5, 5.41) is 16.2. The first-order chi connectivity index (χ1) is 9.65. The molecular formula is C15H16N2O3. The minimum Gasteiger partial charge on any atom is -0.389 e. The van der Waals surface area contributed by atoms with Crippen molar-refractivity contribution in [2.45, 2.75) is 31.8 Å². The fourth-order valence-electron chi connectivity index (χ4n) is 2.12. The van der Waals surface area contributed by atoms with Crippen LogP contribution in [0, 0.1) is 0 Å². The average Bonchev–Trinajstić information content (AvgIpc) is 3.16. The van der Waals surface area contributed by atoms with Crippen molar-refractivity contribution < 1.29 is 14.4 Å². The molecule has 0 spiro atoms. The molecule has 1 aliphatic carbocycles. The van der Waals surface area contributed by atoms with Gasteiger partial charge < -0.3 is 14.9 Å². The third kappa shape index (κ3) is 2.58. The average molecular weight is 272 g/mol. The number of hydrogen-bond acceptors (Lipinski definition) is 4. The standard InChI is InChI=1S/C15H16N2O3/c1-9(18)11-4-2-3-5-12(11)16-15(19)13-8-14(20-17-13)10-6-7-10/h2-5,8-10,18H,6-7H2,1H3,(H,16,19). The number of para-hydroxylation sites is 1. The number of aromatic nitrogens is 1. The van der Waals surface area contributed by atoms with E-state index in [4.69, 9.17) is 4.52 Å². The third-order valence-electron chi connectivity index (χ3n) is 3.40. The highest BCUT2D eigenvalue weighted by Gasteiger charge is 2.29. The van der Waals surface area contributed by atoms with Crippen molar-refractivity contribution in [1.82, 2.24) is 5.16 Å². The molecule has 0 aliphatic heterocycles. The molecule has 20 heavy (non-hydrogen) atoms. The Hall–Kier alpha value is -2.14. The van der Waals surface area contributed by atoms with E-state index in [1.165, 1.54) is 0 Å². The highest BCUT2D eigenvalue weighted by atomic mass is 16.5. The summed E-state index contributed by atoms with van der Waals surface area (Å²) >= 11 is 0. The molecule has 1 saturated carbocycles. The Morgan fingerprint density at radius 3 is 2.90 bits per heavy atom. The number of rotatable bonds is 4. The molecule has 1 atom stereocenters. The van der Waals surface area contributed by atoms with E-state index in [1.807, 2.05) is 6.07 Å². The van der Waals surface area contributed by atoms with E-state index in [9.17, 15) is 9.90 Å². The molecule has 0 radical (unpaired) electrons. The molecule has 0 bridgehead atoms. The second-order valence-electron chi connectivity index (χ2n) is 5.11. The molecule has 1 aromatic carbocycles. The van der Waals surface area contributed by atoms with Gasteiger partial charge >= 0.3 is 0 Å². The molecule has 104 valence electrons. The summed E-state index contributed by atoms with van der Waals surface area (Å²) in [6.07, 6.45) is 1.55. The zero-order chi connectivity index (χ0) is 14.1. The number of carbonyl (C=O) groups excluding carboxylic acids is 1. The van der Waals surface area contributed by atoms with E-state index in [1.54, 1.807) is 31.2 Å². The Bertz CT molecular complexity index is 630. The summed E-state index contributed by atoms with van der Waals surface area (Å²) in [5.41, 5.74) is 1.53. The maximum Gasteiger partial charge on any atom is 0.277 e. The zero-order valence-corrected chi connectivity index (χ0v) is 11.2. The van der Waals surface area contributed by atoms with Crippen LogP contribution < -0.4 is 5.32 Å². The summed E-state index contributed by atoms with van der Waals surface area (Å²) in [6, 6.07) is 8.84. The van der Waals surface area contributed by atoms with Crippen LogP contribution in [0.3, 0.4) is 0 Å². The number of amides is 1. The first-order valence-corrected chi connectivity index (χ1v) is 6.70. The van der Waals surface area contributed by atoms with Gasteiger partial charge in [-0.3, -0.25) is 4.79 Å². The maximum atomic E-state index is 12.1. The third-order valence-corrected chi connectivity index (χ3v) is 3.40. The monoisotopic (exact) mass is 272 g/mol. The lowest BCUT2D eigenvalue weighted by atomic mass is 10.1. The van der Waals surface area contributed by atoms with Gasteiger partial charge in [0.05, 0.1) is 6.10 Å². The van der Waals surface area contributed by atoms with Gasteiger partial charge in [-0.2, -0.15) is 0 Å². The van der Waals surface area contributed by atoms with Crippen LogP contribution in [-0.4, -0.2) is 16.2 Å². The summed E-state index contributed by atoms with van der Waals surface area (Å²) in [7, 11) is 0. The van der Waals surface area contributed by atoms with E-state index in [2.05, 4.69) is 10.5 Å². The predicted octanol–water partition coefficient (Wildman–Crippen LogP) is 2.86. The molecule has 1 fully saturated rings. The number of carbonyl (C=O) groups is 1.